The van der Waals surface area contributed by atoms with Crippen LogP contribution in [0, 0.1) is 0 Å². The van der Waals surface area contributed by atoms with E-state index in [4.69, 9.17) is 5.14 Å². The molecule has 0 saturated heterocycles. The Morgan fingerprint density at radius 1 is 1.15 bits per heavy atom. The number of carbonyl (C=O) groups excluding carboxylic acids is 2. The lowest BCUT2D eigenvalue weighted by Crippen LogP contribution is -2.30. The molecule has 0 aliphatic carbocycles. The van der Waals surface area contributed by atoms with Gasteiger partial charge in [0.05, 0.1) is 24.1 Å². The van der Waals surface area contributed by atoms with Crippen molar-refractivity contribution in [2.75, 3.05) is 19.0 Å². The summed E-state index contributed by atoms with van der Waals surface area (Å²) in [6, 6.07) is 12.3. The normalized spacial score (nSPS) is 12.3. The number of esters is 1. The molecule has 1 atom stereocenters. The fraction of sp³-hybridized carbons (Fsp3) is 0.222. The zero-order valence-electron chi connectivity index (χ0n) is 14.9. The van der Waals surface area contributed by atoms with Crippen LogP contribution in [0.4, 0.5) is 5.69 Å². The highest BCUT2D eigenvalue weighted by Crippen LogP contribution is 2.16. The van der Waals surface area contributed by atoms with E-state index in [9.17, 15) is 18.0 Å². The first-order valence-electron chi connectivity index (χ1n) is 8.05. The largest absolute Gasteiger partial charge is 0.465 e. The standard InChI is InChI=1S/C18H21N3O5S/c1-12(14-4-3-5-16(10-14)27(19,24)25)20-11-17(22)21-15-8-6-13(7-9-15)18(23)26-2/h3-10,12,20H,11H2,1-2H3,(H,21,22)(H2,19,24,25)/t12-/m1/s1. The molecule has 2 aromatic carbocycles. The number of sulfonamides is 1. The van der Waals surface area contributed by atoms with Gasteiger partial charge in [-0.3, -0.25) is 4.79 Å². The van der Waals surface area contributed by atoms with E-state index >= 15 is 0 Å². The van der Waals surface area contributed by atoms with Crippen molar-refractivity contribution in [3.8, 4) is 0 Å². The van der Waals surface area contributed by atoms with E-state index in [1.807, 2.05) is 0 Å². The van der Waals surface area contributed by atoms with Crippen molar-refractivity contribution < 1.29 is 22.7 Å². The number of anilines is 1. The predicted octanol–water partition coefficient (Wildman–Crippen LogP) is 1.41. The van der Waals surface area contributed by atoms with E-state index in [-0.39, 0.29) is 23.4 Å². The molecule has 144 valence electrons. The van der Waals surface area contributed by atoms with Crippen LogP contribution in [0.5, 0.6) is 0 Å². The fourth-order valence-corrected chi connectivity index (χ4v) is 2.91. The minimum atomic E-state index is -3.78. The number of primary sulfonamides is 1. The van der Waals surface area contributed by atoms with Crippen molar-refractivity contribution in [1.82, 2.24) is 5.32 Å². The maximum absolute atomic E-state index is 12.1. The third kappa shape index (κ3) is 5.88. The third-order valence-electron chi connectivity index (χ3n) is 3.85. The number of carbonyl (C=O) groups is 2. The second kappa shape index (κ2) is 8.76. The third-order valence-corrected chi connectivity index (χ3v) is 4.76. The number of rotatable bonds is 7. The van der Waals surface area contributed by atoms with Gasteiger partial charge in [0.1, 0.15) is 0 Å². The number of ether oxygens (including phenoxy) is 1. The van der Waals surface area contributed by atoms with Gasteiger partial charge in [-0.2, -0.15) is 0 Å². The minimum absolute atomic E-state index is 0.0134. The van der Waals surface area contributed by atoms with E-state index < -0.39 is 16.0 Å². The van der Waals surface area contributed by atoms with E-state index in [1.165, 1.54) is 19.2 Å². The highest BCUT2D eigenvalue weighted by atomic mass is 32.2. The molecule has 0 aliphatic heterocycles. The quantitative estimate of drug-likeness (QED) is 0.612. The summed E-state index contributed by atoms with van der Waals surface area (Å²) in [5.41, 5.74) is 1.62. The smallest absolute Gasteiger partial charge is 0.337 e. The molecule has 1 amide bonds. The van der Waals surface area contributed by atoms with Gasteiger partial charge in [0.2, 0.25) is 15.9 Å². The highest BCUT2D eigenvalue weighted by molar-refractivity contribution is 7.89. The molecule has 2 rings (SSSR count). The lowest BCUT2D eigenvalue weighted by atomic mass is 10.1. The molecular formula is C18H21N3O5S. The molecule has 0 heterocycles. The van der Waals surface area contributed by atoms with Crippen LogP contribution in [0.2, 0.25) is 0 Å². The Morgan fingerprint density at radius 3 is 2.41 bits per heavy atom. The van der Waals surface area contributed by atoms with Crippen molar-refractivity contribution >= 4 is 27.6 Å². The van der Waals surface area contributed by atoms with Crippen LogP contribution < -0.4 is 15.8 Å². The number of benzene rings is 2. The van der Waals surface area contributed by atoms with Gasteiger partial charge < -0.3 is 15.4 Å². The fourth-order valence-electron chi connectivity index (χ4n) is 2.34. The van der Waals surface area contributed by atoms with Crippen LogP contribution in [0.25, 0.3) is 0 Å². The second-order valence-electron chi connectivity index (χ2n) is 5.84. The Morgan fingerprint density at radius 2 is 1.81 bits per heavy atom. The van der Waals surface area contributed by atoms with Gasteiger partial charge in [0.25, 0.3) is 0 Å². The van der Waals surface area contributed by atoms with Gasteiger partial charge in [-0.25, -0.2) is 18.4 Å². The van der Waals surface area contributed by atoms with Crippen molar-refractivity contribution in [2.45, 2.75) is 17.9 Å². The Balaban J connectivity index is 1.92. The molecule has 0 bridgehead atoms. The molecule has 4 N–H and O–H groups in total. The van der Waals surface area contributed by atoms with E-state index in [1.54, 1.807) is 43.3 Å². The number of methoxy groups -OCH3 is 1. The lowest BCUT2D eigenvalue weighted by Gasteiger charge is -2.15. The summed E-state index contributed by atoms with van der Waals surface area (Å²) in [6.45, 7) is 1.82. The van der Waals surface area contributed by atoms with Crippen molar-refractivity contribution in [2.24, 2.45) is 5.14 Å². The Kier molecular flexibility index (Phi) is 6.67. The Labute approximate surface area is 157 Å². The zero-order valence-corrected chi connectivity index (χ0v) is 15.7. The minimum Gasteiger partial charge on any atom is -0.465 e. The predicted molar refractivity (Wildman–Crippen MR) is 101 cm³/mol. The van der Waals surface area contributed by atoms with Gasteiger partial charge in [0, 0.05) is 11.7 Å². The summed E-state index contributed by atoms with van der Waals surface area (Å²) in [5.74, 6) is -0.736. The van der Waals surface area contributed by atoms with Crippen molar-refractivity contribution in [1.29, 1.82) is 0 Å². The average Bonchev–Trinajstić information content (AvgIpc) is 2.65. The zero-order chi connectivity index (χ0) is 20.0. The van der Waals surface area contributed by atoms with Crippen molar-refractivity contribution in [3.05, 3.63) is 59.7 Å². The molecule has 0 fully saturated rings. The molecule has 0 aliphatic rings. The van der Waals surface area contributed by atoms with Crippen LogP contribution in [-0.2, 0) is 19.6 Å². The maximum Gasteiger partial charge on any atom is 0.337 e. The van der Waals surface area contributed by atoms with Crippen LogP contribution >= 0.6 is 0 Å². The molecule has 2 aromatic rings. The molecular weight excluding hydrogens is 370 g/mol. The Bertz CT molecular complexity index is 926. The first-order valence-corrected chi connectivity index (χ1v) is 9.59. The number of hydrogen-bond acceptors (Lipinski definition) is 6. The summed E-state index contributed by atoms with van der Waals surface area (Å²) in [6.07, 6.45) is 0. The summed E-state index contributed by atoms with van der Waals surface area (Å²) < 4.78 is 27.5. The lowest BCUT2D eigenvalue weighted by molar-refractivity contribution is -0.115. The summed E-state index contributed by atoms with van der Waals surface area (Å²) in [5, 5.41) is 10.8. The molecule has 0 unspecified atom stereocenters. The number of amides is 1. The van der Waals surface area contributed by atoms with E-state index in [2.05, 4.69) is 15.4 Å². The van der Waals surface area contributed by atoms with Gasteiger partial charge in [-0.15, -0.1) is 0 Å². The number of nitrogens with two attached hydrogens (primary N) is 1. The maximum atomic E-state index is 12.1. The number of hydrogen-bond donors (Lipinski definition) is 3. The average molecular weight is 391 g/mol. The molecule has 0 radical (unpaired) electrons. The van der Waals surface area contributed by atoms with Crippen LogP contribution in [0.15, 0.2) is 53.4 Å². The molecule has 9 heteroatoms. The van der Waals surface area contributed by atoms with Gasteiger partial charge in [0.15, 0.2) is 0 Å². The molecule has 0 saturated carbocycles. The first kappa shape index (κ1) is 20.6. The van der Waals surface area contributed by atoms with Crippen molar-refractivity contribution in [3.63, 3.8) is 0 Å². The monoisotopic (exact) mass is 391 g/mol. The van der Waals surface area contributed by atoms with Gasteiger partial charge in [-0.1, -0.05) is 12.1 Å². The molecule has 0 spiro atoms. The summed E-state index contributed by atoms with van der Waals surface area (Å²) in [7, 11) is -2.49. The molecule has 8 nitrogen and oxygen atoms in total. The second-order valence-corrected chi connectivity index (χ2v) is 7.40. The number of nitrogens with one attached hydrogen (secondary N) is 2. The van der Waals surface area contributed by atoms with Gasteiger partial charge in [-0.05, 0) is 48.9 Å². The SMILES string of the molecule is COC(=O)c1ccc(NC(=O)CN[C@H](C)c2cccc(S(N)(=O)=O)c2)cc1. The topological polar surface area (TPSA) is 128 Å². The van der Waals surface area contributed by atoms with Crippen LogP contribution in [0.3, 0.4) is 0 Å². The molecule has 27 heavy (non-hydrogen) atoms. The molecule has 0 aromatic heterocycles. The first-order chi connectivity index (χ1) is 12.7. The summed E-state index contributed by atoms with van der Waals surface area (Å²) >= 11 is 0. The van der Waals surface area contributed by atoms with E-state index in [0.717, 1.165) is 0 Å². The van der Waals surface area contributed by atoms with Crippen LogP contribution in [0.1, 0.15) is 28.9 Å². The summed E-state index contributed by atoms with van der Waals surface area (Å²) in [4.78, 5) is 23.5. The van der Waals surface area contributed by atoms with Crippen LogP contribution in [-0.4, -0.2) is 33.9 Å². The van der Waals surface area contributed by atoms with E-state index in [0.29, 0.717) is 16.8 Å². The van der Waals surface area contributed by atoms with Gasteiger partial charge >= 0.3 is 5.97 Å². The highest BCUT2D eigenvalue weighted by Gasteiger charge is 2.13. The Hall–Kier alpha value is -2.75.